The van der Waals surface area contributed by atoms with E-state index in [9.17, 15) is 9.59 Å². The van der Waals surface area contributed by atoms with Crippen molar-refractivity contribution < 1.29 is 19.1 Å². The van der Waals surface area contributed by atoms with E-state index in [-0.39, 0.29) is 12.5 Å². The van der Waals surface area contributed by atoms with Gasteiger partial charge in [0.2, 0.25) is 5.91 Å². The quantitative estimate of drug-likeness (QED) is 0.687. The molecular weight excluding hydrogens is 366 g/mol. The predicted molar refractivity (Wildman–Crippen MR) is 105 cm³/mol. The molecule has 8 heteroatoms. The smallest absolute Gasteiger partial charge is 0.321 e. The highest BCUT2D eigenvalue weighted by Crippen LogP contribution is 2.29. The van der Waals surface area contributed by atoms with Gasteiger partial charge >= 0.3 is 6.03 Å². The first kappa shape index (κ1) is 20.7. The number of thiophene rings is 1. The molecule has 0 saturated heterocycles. The Balaban J connectivity index is 1.98. The van der Waals surface area contributed by atoms with Crippen LogP contribution in [0, 0.1) is 0 Å². The summed E-state index contributed by atoms with van der Waals surface area (Å²) in [6.07, 6.45) is 0. The number of urea groups is 1. The highest BCUT2D eigenvalue weighted by molar-refractivity contribution is 7.09. The van der Waals surface area contributed by atoms with Crippen molar-refractivity contribution in [2.45, 2.75) is 20.1 Å². The zero-order valence-corrected chi connectivity index (χ0v) is 16.6. The fourth-order valence-corrected chi connectivity index (χ4v) is 3.06. The SMILES string of the molecule is CCN(CC(=O)NC(=O)NC)Cc1ccc(OCc2cccs2)c(OC)c1. The number of amides is 3. The first-order chi connectivity index (χ1) is 13.0. The second kappa shape index (κ2) is 10.5. The zero-order chi connectivity index (χ0) is 19.6. The van der Waals surface area contributed by atoms with E-state index in [1.54, 1.807) is 18.4 Å². The first-order valence-corrected chi connectivity index (χ1v) is 9.49. The molecular formula is C19H25N3O4S. The van der Waals surface area contributed by atoms with Crippen molar-refractivity contribution >= 4 is 23.3 Å². The Labute approximate surface area is 163 Å². The van der Waals surface area contributed by atoms with Crippen LogP contribution in [0.4, 0.5) is 4.79 Å². The lowest BCUT2D eigenvalue weighted by molar-refractivity contribution is -0.121. The number of carbonyl (C=O) groups is 2. The van der Waals surface area contributed by atoms with Gasteiger partial charge < -0.3 is 14.8 Å². The van der Waals surface area contributed by atoms with Crippen molar-refractivity contribution in [2.75, 3.05) is 27.2 Å². The number of carbonyl (C=O) groups excluding carboxylic acids is 2. The van der Waals surface area contributed by atoms with Gasteiger partial charge in [0.25, 0.3) is 0 Å². The van der Waals surface area contributed by atoms with E-state index in [4.69, 9.17) is 9.47 Å². The number of methoxy groups -OCH3 is 1. The van der Waals surface area contributed by atoms with Crippen molar-refractivity contribution in [1.82, 2.24) is 15.5 Å². The fourth-order valence-electron chi connectivity index (χ4n) is 2.44. The largest absolute Gasteiger partial charge is 0.493 e. The van der Waals surface area contributed by atoms with Gasteiger partial charge in [-0.1, -0.05) is 19.1 Å². The van der Waals surface area contributed by atoms with Crippen LogP contribution in [0.5, 0.6) is 11.5 Å². The lowest BCUT2D eigenvalue weighted by Crippen LogP contribution is -2.43. The summed E-state index contributed by atoms with van der Waals surface area (Å²) >= 11 is 1.64. The number of imide groups is 1. The number of rotatable bonds is 9. The molecule has 0 atom stereocenters. The van der Waals surface area contributed by atoms with Gasteiger partial charge in [0.15, 0.2) is 11.5 Å². The molecule has 2 rings (SSSR count). The third kappa shape index (κ3) is 6.58. The molecule has 0 spiro atoms. The van der Waals surface area contributed by atoms with Gasteiger partial charge in [-0.05, 0) is 35.7 Å². The van der Waals surface area contributed by atoms with Gasteiger partial charge in [-0.15, -0.1) is 11.3 Å². The second-order valence-electron chi connectivity index (χ2n) is 5.78. The van der Waals surface area contributed by atoms with Gasteiger partial charge in [0.05, 0.1) is 13.7 Å². The summed E-state index contributed by atoms with van der Waals surface area (Å²) in [5.74, 6) is 0.976. The van der Waals surface area contributed by atoms with Crippen LogP contribution in [-0.4, -0.2) is 44.1 Å². The number of nitrogens with zero attached hydrogens (tertiary/aromatic N) is 1. The number of ether oxygens (including phenoxy) is 2. The van der Waals surface area contributed by atoms with Crippen LogP contribution < -0.4 is 20.1 Å². The first-order valence-electron chi connectivity index (χ1n) is 8.61. The molecule has 0 aliphatic carbocycles. The van der Waals surface area contributed by atoms with Crippen LogP contribution in [0.25, 0.3) is 0 Å². The summed E-state index contributed by atoms with van der Waals surface area (Å²) in [4.78, 5) is 26.2. The Bertz CT molecular complexity index is 749. The zero-order valence-electron chi connectivity index (χ0n) is 15.8. The second-order valence-corrected chi connectivity index (χ2v) is 6.82. The van der Waals surface area contributed by atoms with E-state index in [1.807, 2.05) is 47.5 Å². The molecule has 1 aromatic carbocycles. The average molecular weight is 391 g/mol. The predicted octanol–water partition coefficient (Wildman–Crippen LogP) is 2.61. The van der Waals surface area contributed by atoms with E-state index in [0.717, 1.165) is 10.4 Å². The minimum Gasteiger partial charge on any atom is -0.493 e. The molecule has 1 aromatic heterocycles. The van der Waals surface area contributed by atoms with E-state index in [1.165, 1.54) is 7.05 Å². The van der Waals surface area contributed by atoms with Crippen LogP contribution in [-0.2, 0) is 17.9 Å². The van der Waals surface area contributed by atoms with Crippen LogP contribution in [0.2, 0.25) is 0 Å². The maximum atomic E-state index is 11.9. The summed E-state index contributed by atoms with van der Waals surface area (Å²) in [5.41, 5.74) is 0.991. The van der Waals surface area contributed by atoms with Crippen molar-refractivity contribution in [3.8, 4) is 11.5 Å². The molecule has 0 fully saturated rings. The molecule has 0 aliphatic rings. The van der Waals surface area contributed by atoms with Crippen LogP contribution in [0.1, 0.15) is 17.4 Å². The van der Waals surface area contributed by atoms with Gasteiger partial charge in [-0.25, -0.2) is 4.79 Å². The van der Waals surface area contributed by atoms with Gasteiger partial charge in [0, 0.05) is 18.5 Å². The van der Waals surface area contributed by atoms with Gasteiger partial charge in [0.1, 0.15) is 6.61 Å². The summed E-state index contributed by atoms with van der Waals surface area (Å²) in [6, 6.07) is 9.23. The van der Waals surface area contributed by atoms with Crippen LogP contribution in [0.15, 0.2) is 35.7 Å². The number of benzene rings is 1. The van der Waals surface area contributed by atoms with Gasteiger partial charge in [-0.2, -0.15) is 0 Å². The maximum Gasteiger partial charge on any atom is 0.321 e. The lowest BCUT2D eigenvalue weighted by Gasteiger charge is -2.20. The number of hydrogen-bond donors (Lipinski definition) is 2. The number of nitrogens with one attached hydrogen (secondary N) is 2. The van der Waals surface area contributed by atoms with Crippen molar-refractivity contribution in [3.63, 3.8) is 0 Å². The Morgan fingerprint density at radius 1 is 1.22 bits per heavy atom. The Kier molecular flexibility index (Phi) is 8.09. The van der Waals surface area contributed by atoms with Crippen LogP contribution in [0.3, 0.4) is 0 Å². The molecule has 0 radical (unpaired) electrons. The molecule has 0 aliphatic heterocycles. The highest BCUT2D eigenvalue weighted by Gasteiger charge is 2.13. The molecule has 3 amide bonds. The molecule has 1 heterocycles. The Hall–Kier alpha value is -2.58. The van der Waals surface area contributed by atoms with Crippen molar-refractivity contribution in [1.29, 1.82) is 0 Å². The highest BCUT2D eigenvalue weighted by atomic mass is 32.1. The minimum atomic E-state index is -0.509. The van der Waals surface area contributed by atoms with E-state index >= 15 is 0 Å². The van der Waals surface area contributed by atoms with Gasteiger partial charge in [-0.3, -0.25) is 15.0 Å². The van der Waals surface area contributed by atoms with E-state index < -0.39 is 6.03 Å². The average Bonchev–Trinajstić information content (AvgIpc) is 3.19. The molecule has 0 unspecified atom stereocenters. The Morgan fingerprint density at radius 2 is 2.04 bits per heavy atom. The van der Waals surface area contributed by atoms with E-state index in [2.05, 4.69) is 10.6 Å². The molecule has 0 bridgehead atoms. The fraction of sp³-hybridized carbons (Fsp3) is 0.368. The lowest BCUT2D eigenvalue weighted by atomic mass is 10.2. The summed E-state index contributed by atoms with van der Waals surface area (Å²) in [7, 11) is 3.07. The maximum absolute atomic E-state index is 11.9. The monoisotopic (exact) mass is 391 g/mol. The van der Waals surface area contributed by atoms with Crippen molar-refractivity contribution in [2.24, 2.45) is 0 Å². The number of likely N-dealkylation sites (N-methyl/N-ethyl adjacent to an activating group) is 1. The van der Waals surface area contributed by atoms with Crippen molar-refractivity contribution in [3.05, 3.63) is 46.2 Å². The molecule has 7 nitrogen and oxygen atoms in total. The topological polar surface area (TPSA) is 79.9 Å². The molecule has 146 valence electrons. The summed E-state index contributed by atoms with van der Waals surface area (Å²) in [5, 5.41) is 6.64. The standard InChI is InChI=1S/C19H25N3O4S/c1-4-22(12-18(23)21-19(24)20-2)11-14-7-8-16(17(10-14)25-3)26-13-15-6-5-9-27-15/h5-10H,4,11-13H2,1-3H3,(H2,20,21,23,24). The summed E-state index contributed by atoms with van der Waals surface area (Å²) < 4.78 is 11.3. The third-order valence-corrected chi connectivity index (χ3v) is 4.73. The third-order valence-electron chi connectivity index (χ3n) is 3.88. The molecule has 2 aromatic rings. The molecule has 27 heavy (non-hydrogen) atoms. The molecule has 0 saturated carbocycles. The summed E-state index contributed by atoms with van der Waals surface area (Å²) in [6.45, 7) is 3.80. The van der Waals surface area contributed by atoms with E-state index in [0.29, 0.717) is 31.2 Å². The van der Waals surface area contributed by atoms with Crippen LogP contribution >= 0.6 is 11.3 Å². The normalized spacial score (nSPS) is 10.5. The number of hydrogen-bond acceptors (Lipinski definition) is 6. The molecule has 2 N–H and O–H groups in total. The minimum absolute atomic E-state index is 0.128. The Morgan fingerprint density at radius 3 is 2.67 bits per heavy atom.